The van der Waals surface area contributed by atoms with Gasteiger partial charge in [-0.05, 0) is 40.3 Å². The molecule has 0 aromatic carbocycles. The molecular formula is C12H15BrClN3S. The van der Waals surface area contributed by atoms with Gasteiger partial charge in [0.05, 0.1) is 27.4 Å². The van der Waals surface area contributed by atoms with Gasteiger partial charge in [-0.15, -0.1) is 11.3 Å². The van der Waals surface area contributed by atoms with Gasteiger partial charge in [-0.25, -0.2) is 0 Å². The molecule has 3 nitrogen and oxygen atoms in total. The van der Waals surface area contributed by atoms with Gasteiger partial charge in [0.1, 0.15) is 0 Å². The Kier molecular flexibility index (Phi) is 4.84. The number of thiophene rings is 1. The van der Waals surface area contributed by atoms with Crippen LogP contribution in [-0.2, 0) is 7.05 Å². The van der Waals surface area contributed by atoms with Crippen LogP contribution in [0.1, 0.15) is 30.0 Å². The fourth-order valence-electron chi connectivity index (χ4n) is 1.86. The number of rotatable bonds is 5. The molecule has 0 aliphatic heterocycles. The maximum atomic E-state index is 6.26. The lowest BCUT2D eigenvalue weighted by molar-refractivity contribution is 0.558. The third-order valence-corrected chi connectivity index (χ3v) is 4.75. The minimum absolute atomic E-state index is 0.0827. The van der Waals surface area contributed by atoms with E-state index in [2.05, 4.69) is 33.3 Å². The smallest absolute Gasteiger partial charge is 0.0868 e. The standard InChI is InChI=1S/C12H15BrClN3S/c1-3-5-15-10(12-9(14)4-6-18-12)11-8(13)7-16-17(11)2/h4,6-7,10,15H,3,5H2,1-2H3. The van der Waals surface area contributed by atoms with E-state index in [0.717, 1.165) is 33.0 Å². The molecule has 0 amide bonds. The molecule has 0 spiro atoms. The summed E-state index contributed by atoms with van der Waals surface area (Å²) in [6.45, 7) is 3.09. The lowest BCUT2D eigenvalue weighted by Crippen LogP contribution is -2.25. The van der Waals surface area contributed by atoms with Gasteiger partial charge in [0, 0.05) is 11.9 Å². The Bertz CT molecular complexity index is 504. The summed E-state index contributed by atoms with van der Waals surface area (Å²) in [6.07, 6.45) is 2.90. The van der Waals surface area contributed by atoms with E-state index in [9.17, 15) is 0 Å². The molecule has 6 heteroatoms. The van der Waals surface area contributed by atoms with Crippen LogP contribution in [0, 0.1) is 0 Å². The second kappa shape index (κ2) is 6.19. The monoisotopic (exact) mass is 347 g/mol. The summed E-state index contributed by atoms with van der Waals surface area (Å²) in [5.41, 5.74) is 1.10. The van der Waals surface area contributed by atoms with Gasteiger partial charge in [0.2, 0.25) is 0 Å². The first kappa shape index (κ1) is 14.1. The van der Waals surface area contributed by atoms with E-state index in [1.165, 1.54) is 0 Å². The van der Waals surface area contributed by atoms with Crippen LogP contribution in [0.2, 0.25) is 5.02 Å². The summed E-state index contributed by atoms with van der Waals surface area (Å²) in [5.74, 6) is 0. The zero-order chi connectivity index (χ0) is 13.1. The predicted octanol–water partition coefficient (Wildman–Crippen LogP) is 3.99. The fraction of sp³-hybridized carbons (Fsp3) is 0.417. The number of hydrogen-bond acceptors (Lipinski definition) is 3. The number of nitrogens with zero attached hydrogens (tertiary/aromatic N) is 2. The van der Waals surface area contributed by atoms with Crippen LogP contribution < -0.4 is 5.32 Å². The topological polar surface area (TPSA) is 29.9 Å². The molecule has 0 bridgehead atoms. The maximum Gasteiger partial charge on any atom is 0.0868 e. The lowest BCUT2D eigenvalue weighted by atomic mass is 10.1. The Hall–Kier alpha value is -0.360. The van der Waals surface area contributed by atoms with Gasteiger partial charge in [0.25, 0.3) is 0 Å². The Morgan fingerprint density at radius 2 is 2.39 bits per heavy atom. The van der Waals surface area contributed by atoms with Crippen molar-refractivity contribution in [3.63, 3.8) is 0 Å². The summed E-state index contributed by atoms with van der Waals surface area (Å²) in [4.78, 5) is 1.13. The van der Waals surface area contributed by atoms with E-state index in [-0.39, 0.29) is 6.04 Å². The molecular weight excluding hydrogens is 334 g/mol. The Labute approximate surface area is 124 Å². The first-order chi connectivity index (χ1) is 8.65. The number of aryl methyl sites for hydroxylation is 1. The predicted molar refractivity (Wildman–Crippen MR) is 80.4 cm³/mol. The first-order valence-corrected chi connectivity index (χ1v) is 7.83. The molecule has 2 aromatic rings. The third-order valence-electron chi connectivity index (χ3n) is 2.72. The molecule has 98 valence electrons. The lowest BCUT2D eigenvalue weighted by Gasteiger charge is -2.19. The molecule has 18 heavy (non-hydrogen) atoms. The highest BCUT2D eigenvalue weighted by atomic mass is 79.9. The Morgan fingerprint density at radius 3 is 2.89 bits per heavy atom. The van der Waals surface area contributed by atoms with E-state index in [1.807, 2.05) is 29.4 Å². The summed E-state index contributed by atoms with van der Waals surface area (Å²) >= 11 is 11.5. The van der Waals surface area contributed by atoms with Crippen LogP contribution in [-0.4, -0.2) is 16.3 Å². The van der Waals surface area contributed by atoms with Crippen LogP contribution in [0.15, 0.2) is 22.1 Å². The summed E-state index contributed by atoms with van der Waals surface area (Å²) in [6, 6.07) is 2.02. The number of hydrogen-bond donors (Lipinski definition) is 1. The van der Waals surface area contributed by atoms with Crippen molar-refractivity contribution in [3.05, 3.63) is 37.7 Å². The summed E-state index contributed by atoms with van der Waals surface area (Å²) in [5, 5.41) is 10.6. The SMILES string of the molecule is CCCNC(c1sccc1Cl)c1c(Br)cnn1C. The van der Waals surface area contributed by atoms with Crippen molar-refractivity contribution < 1.29 is 0 Å². The highest BCUT2D eigenvalue weighted by molar-refractivity contribution is 9.10. The van der Waals surface area contributed by atoms with Crippen LogP contribution in [0.25, 0.3) is 0 Å². The minimum Gasteiger partial charge on any atom is -0.304 e. The Morgan fingerprint density at radius 1 is 1.61 bits per heavy atom. The van der Waals surface area contributed by atoms with E-state index >= 15 is 0 Å². The van der Waals surface area contributed by atoms with E-state index in [4.69, 9.17) is 11.6 Å². The minimum atomic E-state index is 0.0827. The second-order valence-electron chi connectivity index (χ2n) is 4.02. The van der Waals surface area contributed by atoms with Crippen molar-refractivity contribution >= 4 is 38.9 Å². The summed E-state index contributed by atoms with van der Waals surface area (Å²) in [7, 11) is 1.95. The van der Waals surface area contributed by atoms with Crippen molar-refractivity contribution in [3.8, 4) is 0 Å². The molecule has 1 unspecified atom stereocenters. The van der Waals surface area contributed by atoms with E-state index < -0.39 is 0 Å². The molecule has 2 aromatic heterocycles. The molecule has 0 fully saturated rings. The molecule has 0 aliphatic carbocycles. The molecule has 0 saturated carbocycles. The second-order valence-corrected chi connectivity index (χ2v) is 6.23. The number of halogens is 2. The Balaban J connectivity index is 2.40. The van der Waals surface area contributed by atoms with Crippen LogP contribution in [0.3, 0.4) is 0 Å². The first-order valence-electron chi connectivity index (χ1n) is 5.78. The summed E-state index contributed by atoms with van der Waals surface area (Å²) < 4.78 is 2.89. The fourth-order valence-corrected chi connectivity index (χ4v) is 3.68. The van der Waals surface area contributed by atoms with Gasteiger partial charge in [0.15, 0.2) is 0 Å². The highest BCUT2D eigenvalue weighted by Gasteiger charge is 2.23. The van der Waals surface area contributed by atoms with E-state index in [1.54, 1.807) is 11.3 Å². The average Bonchev–Trinajstić information content (AvgIpc) is 2.90. The quantitative estimate of drug-likeness (QED) is 0.885. The van der Waals surface area contributed by atoms with Crippen LogP contribution in [0.5, 0.6) is 0 Å². The highest BCUT2D eigenvalue weighted by Crippen LogP contribution is 2.35. The largest absolute Gasteiger partial charge is 0.304 e. The van der Waals surface area contributed by atoms with Gasteiger partial charge < -0.3 is 5.32 Å². The average molecular weight is 349 g/mol. The zero-order valence-corrected chi connectivity index (χ0v) is 13.4. The van der Waals surface area contributed by atoms with Crippen LogP contribution >= 0.6 is 38.9 Å². The van der Waals surface area contributed by atoms with Gasteiger partial charge in [-0.2, -0.15) is 5.10 Å². The van der Waals surface area contributed by atoms with Crippen molar-refractivity contribution in [1.82, 2.24) is 15.1 Å². The van der Waals surface area contributed by atoms with E-state index in [0.29, 0.717) is 0 Å². The maximum absolute atomic E-state index is 6.26. The zero-order valence-electron chi connectivity index (χ0n) is 10.3. The van der Waals surface area contributed by atoms with Crippen molar-refractivity contribution in [2.24, 2.45) is 7.05 Å². The van der Waals surface area contributed by atoms with Gasteiger partial charge in [-0.3, -0.25) is 4.68 Å². The van der Waals surface area contributed by atoms with Gasteiger partial charge >= 0.3 is 0 Å². The molecule has 1 N–H and O–H groups in total. The molecule has 2 heterocycles. The third kappa shape index (κ3) is 2.79. The normalized spacial score (nSPS) is 12.9. The van der Waals surface area contributed by atoms with Crippen LogP contribution in [0.4, 0.5) is 0 Å². The van der Waals surface area contributed by atoms with Gasteiger partial charge in [-0.1, -0.05) is 18.5 Å². The molecule has 2 rings (SSSR count). The van der Waals surface area contributed by atoms with Crippen molar-refractivity contribution in [2.45, 2.75) is 19.4 Å². The number of nitrogens with one attached hydrogen (secondary N) is 1. The molecule has 1 atom stereocenters. The molecule has 0 radical (unpaired) electrons. The molecule has 0 saturated heterocycles. The van der Waals surface area contributed by atoms with Crippen molar-refractivity contribution in [2.75, 3.05) is 6.54 Å². The number of aromatic nitrogens is 2. The molecule has 0 aliphatic rings. The van der Waals surface area contributed by atoms with Crippen molar-refractivity contribution in [1.29, 1.82) is 0 Å².